The fourth-order valence-corrected chi connectivity index (χ4v) is 4.10. The first-order valence-corrected chi connectivity index (χ1v) is 8.11. The lowest BCUT2D eigenvalue weighted by atomic mass is 9.80. The van der Waals surface area contributed by atoms with Crippen LogP contribution in [0.4, 0.5) is 10.1 Å². The molecule has 1 aromatic rings. The normalized spacial score (nSPS) is 21.3. The molecular weight excluding hydrogens is 279 g/mol. The number of sulfonamides is 1. The number of hydrogen-bond acceptors (Lipinski definition) is 3. The molecule has 1 saturated heterocycles. The Bertz CT molecular complexity index is 588. The Morgan fingerprint density at radius 1 is 1.30 bits per heavy atom. The fraction of sp³-hybridized carbons (Fsp3) is 0.571. The maximum Gasteiger partial charge on any atom is 0.243 e. The molecule has 0 aromatic heterocycles. The summed E-state index contributed by atoms with van der Waals surface area (Å²) >= 11 is 0. The van der Waals surface area contributed by atoms with Gasteiger partial charge >= 0.3 is 0 Å². The van der Waals surface area contributed by atoms with E-state index in [1.54, 1.807) is 0 Å². The van der Waals surface area contributed by atoms with Crippen LogP contribution in [0, 0.1) is 17.2 Å². The summed E-state index contributed by atoms with van der Waals surface area (Å²) in [4.78, 5) is -0.0652. The number of nitrogens with two attached hydrogens (primary N) is 1. The van der Waals surface area contributed by atoms with Gasteiger partial charge < -0.3 is 5.73 Å². The summed E-state index contributed by atoms with van der Waals surface area (Å²) in [6.45, 7) is 7.26. The molecule has 0 spiro atoms. The van der Waals surface area contributed by atoms with Gasteiger partial charge in [0.05, 0.1) is 4.90 Å². The Labute approximate surface area is 119 Å². The lowest BCUT2D eigenvalue weighted by Crippen LogP contribution is -2.31. The number of halogens is 1. The van der Waals surface area contributed by atoms with E-state index in [0.717, 1.165) is 18.6 Å². The minimum absolute atomic E-state index is 0.0607. The van der Waals surface area contributed by atoms with Crippen molar-refractivity contribution in [2.75, 3.05) is 18.8 Å². The quantitative estimate of drug-likeness (QED) is 0.853. The summed E-state index contributed by atoms with van der Waals surface area (Å²) in [6.07, 6.45) is 0.827. The highest BCUT2D eigenvalue weighted by molar-refractivity contribution is 7.89. The predicted octanol–water partition coefficient (Wildman–Crippen LogP) is 2.46. The smallest absolute Gasteiger partial charge is 0.243 e. The van der Waals surface area contributed by atoms with Gasteiger partial charge in [-0.3, -0.25) is 0 Å². The van der Waals surface area contributed by atoms with Gasteiger partial charge in [-0.1, -0.05) is 20.8 Å². The summed E-state index contributed by atoms with van der Waals surface area (Å²) in [5.41, 5.74) is 5.71. The summed E-state index contributed by atoms with van der Waals surface area (Å²) < 4.78 is 39.8. The van der Waals surface area contributed by atoms with Crippen LogP contribution in [-0.4, -0.2) is 25.8 Å². The van der Waals surface area contributed by atoms with Crippen molar-refractivity contribution in [1.29, 1.82) is 0 Å². The minimum Gasteiger partial charge on any atom is -0.399 e. The third kappa shape index (κ3) is 2.96. The predicted molar refractivity (Wildman–Crippen MR) is 77.1 cm³/mol. The second kappa shape index (κ2) is 5.00. The molecule has 0 bridgehead atoms. The molecule has 0 radical (unpaired) electrons. The Balaban J connectivity index is 2.28. The first kappa shape index (κ1) is 15.3. The SMILES string of the molecule is CC(C)(C)C1CCN(S(=O)(=O)c2cc(N)cc(F)c2)C1. The van der Waals surface area contributed by atoms with E-state index in [-0.39, 0.29) is 16.0 Å². The number of anilines is 1. The zero-order valence-corrected chi connectivity index (χ0v) is 12.9. The van der Waals surface area contributed by atoms with Crippen LogP contribution in [0.15, 0.2) is 23.1 Å². The Kier molecular flexibility index (Phi) is 3.81. The summed E-state index contributed by atoms with van der Waals surface area (Å²) in [7, 11) is -3.66. The van der Waals surface area contributed by atoms with Crippen molar-refractivity contribution in [3.8, 4) is 0 Å². The van der Waals surface area contributed by atoms with Crippen LogP contribution in [0.25, 0.3) is 0 Å². The van der Waals surface area contributed by atoms with Gasteiger partial charge in [-0.25, -0.2) is 12.8 Å². The number of hydrogen-bond donors (Lipinski definition) is 1. The lowest BCUT2D eigenvalue weighted by Gasteiger charge is -2.26. The van der Waals surface area contributed by atoms with Crippen LogP contribution >= 0.6 is 0 Å². The highest BCUT2D eigenvalue weighted by atomic mass is 32.2. The number of benzene rings is 1. The van der Waals surface area contributed by atoms with Crippen LogP contribution in [0.3, 0.4) is 0 Å². The molecule has 1 aliphatic heterocycles. The fourth-order valence-electron chi connectivity index (χ4n) is 2.54. The molecule has 1 aliphatic rings. The average molecular weight is 300 g/mol. The summed E-state index contributed by atoms with van der Waals surface area (Å²) in [5.74, 6) is -0.321. The molecule has 1 unspecified atom stereocenters. The molecular formula is C14H21FN2O2S. The standard InChI is InChI=1S/C14H21FN2O2S/c1-14(2,3)10-4-5-17(9-10)20(18,19)13-7-11(15)6-12(16)8-13/h6-8,10H,4-5,9,16H2,1-3H3. The highest BCUT2D eigenvalue weighted by Gasteiger charge is 2.37. The van der Waals surface area contributed by atoms with E-state index in [4.69, 9.17) is 5.73 Å². The molecule has 2 N–H and O–H groups in total. The van der Waals surface area contributed by atoms with Crippen LogP contribution in [-0.2, 0) is 10.0 Å². The molecule has 0 saturated carbocycles. The molecule has 2 rings (SSSR count). The maximum atomic E-state index is 13.3. The largest absolute Gasteiger partial charge is 0.399 e. The van der Waals surface area contributed by atoms with Crippen molar-refractivity contribution in [3.63, 3.8) is 0 Å². The van der Waals surface area contributed by atoms with Crippen molar-refractivity contribution in [2.45, 2.75) is 32.1 Å². The Hall–Kier alpha value is -1.14. The molecule has 6 heteroatoms. The van der Waals surface area contributed by atoms with E-state index in [1.165, 1.54) is 10.4 Å². The molecule has 1 fully saturated rings. The maximum absolute atomic E-state index is 13.3. The molecule has 1 atom stereocenters. The van der Waals surface area contributed by atoms with Gasteiger partial charge in [0.25, 0.3) is 0 Å². The lowest BCUT2D eigenvalue weighted by molar-refractivity contribution is 0.252. The van der Waals surface area contributed by atoms with Crippen molar-refractivity contribution in [3.05, 3.63) is 24.0 Å². The van der Waals surface area contributed by atoms with E-state index in [0.29, 0.717) is 19.0 Å². The highest BCUT2D eigenvalue weighted by Crippen LogP contribution is 2.36. The van der Waals surface area contributed by atoms with Crippen molar-refractivity contribution < 1.29 is 12.8 Å². The Morgan fingerprint density at radius 2 is 1.95 bits per heavy atom. The molecule has 1 heterocycles. The molecule has 112 valence electrons. The van der Waals surface area contributed by atoms with Crippen LogP contribution in [0.5, 0.6) is 0 Å². The van der Waals surface area contributed by atoms with Crippen LogP contribution < -0.4 is 5.73 Å². The zero-order chi connectivity index (χ0) is 15.1. The molecule has 20 heavy (non-hydrogen) atoms. The van der Waals surface area contributed by atoms with E-state index in [2.05, 4.69) is 20.8 Å². The van der Waals surface area contributed by atoms with E-state index < -0.39 is 15.8 Å². The van der Waals surface area contributed by atoms with Crippen molar-refractivity contribution in [2.24, 2.45) is 11.3 Å². The first-order chi connectivity index (χ1) is 9.10. The van der Waals surface area contributed by atoms with Gasteiger partial charge in [0, 0.05) is 18.8 Å². The average Bonchev–Trinajstić information content (AvgIpc) is 2.76. The van der Waals surface area contributed by atoms with E-state index >= 15 is 0 Å². The monoisotopic (exact) mass is 300 g/mol. The van der Waals surface area contributed by atoms with E-state index in [9.17, 15) is 12.8 Å². The number of nitrogen functional groups attached to an aromatic ring is 1. The Morgan fingerprint density at radius 3 is 2.45 bits per heavy atom. The van der Waals surface area contributed by atoms with Gasteiger partial charge in [0.15, 0.2) is 0 Å². The van der Waals surface area contributed by atoms with Gasteiger partial charge in [0.1, 0.15) is 5.82 Å². The zero-order valence-electron chi connectivity index (χ0n) is 12.1. The van der Waals surface area contributed by atoms with Gasteiger partial charge in [-0.15, -0.1) is 0 Å². The third-order valence-corrected chi connectivity index (χ3v) is 5.75. The number of nitrogens with zero attached hydrogens (tertiary/aromatic N) is 1. The van der Waals surface area contributed by atoms with Crippen LogP contribution in [0.2, 0.25) is 0 Å². The van der Waals surface area contributed by atoms with Gasteiger partial charge in [-0.05, 0) is 36.0 Å². The molecule has 1 aromatic carbocycles. The molecule has 0 amide bonds. The van der Waals surface area contributed by atoms with Crippen molar-refractivity contribution in [1.82, 2.24) is 4.31 Å². The summed E-state index contributed by atoms with van der Waals surface area (Å²) in [5, 5.41) is 0. The topological polar surface area (TPSA) is 63.4 Å². The summed E-state index contributed by atoms with van der Waals surface area (Å²) in [6, 6.07) is 3.44. The van der Waals surface area contributed by atoms with Gasteiger partial charge in [-0.2, -0.15) is 4.31 Å². The van der Waals surface area contributed by atoms with E-state index in [1.807, 2.05) is 0 Å². The van der Waals surface area contributed by atoms with Crippen molar-refractivity contribution >= 4 is 15.7 Å². The second-order valence-corrected chi connectivity index (χ2v) is 8.37. The van der Waals surface area contributed by atoms with Crippen LogP contribution in [0.1, 0.15) is 27.2 Å². The van der Waals surface area contributed by atoms with Gasteiger partial charge in [0.2, 0.25) is 10.0 Å². The molecule has 0 aliphatic carbocycles. The third-order valence-electron chi connectivity index (χ3n) is 3.91. The first-order valence-electron chi connectivity index (χ1n) is 6.67. The second-order valence-electron chi connectivity index (χ2n) is 6.43. The molecule has 4 nitrogen and oxygen atoms in total. The number of rotatable bonds is 2. The minimum atomic E-state index is -3.66.